The number of benzene rings is 1. The van der Waals surface area contributed by atoms with E-state index >= 15 is 0 Å². The molecule has 1 rings (SSSR count). The van der Waals surface area contributed by atoms with Crippen LogP contribution in [0.2, 0.25) is 0 Å². The second kappa shape index (κ2) is 25.3. The zero-order valence-electron chi connectivity index (χ0n) is 24.7. The van der Waals surface area contributed by atoms with Crippen LogP contribution in [-0.4, -0.2) is 31.1 Å². The largest absolute Gasteiger partial charge is 0.550 e. The number of carbonyl (C=O) groups excluding carboxylic acids is 1. The maximum atomic E-state index is 9.92. The number of carbonyl (C=O) groups is 1. The standard InChI is InChI=1S/C25H46N.C8H16O2/c1-4-5-6-7-8-9-10-11-12-13-14-15-16-20-23-26(2,3)24-25-21-18-17-19-22-25;1-2-3-4-5-6-7-8(9)10/h17-19,21-22H,4-16,20,23-24H2,1-3H3;2-7H2,1H3,(H,9,10)/q+1;/p-1. The van der Waals surface area contributed by atoms with Gasteiger partial charge in [-0.2, -0.15) is 0 Å². The summed E-state index contributed by atoms with van der Waals surface area (Å²) < 4.78 is 1.11. The van der Waals surface area contributed by atoms with Gasteiger partial charge in [0.1, 0.15) is 6.54 Å². The van der Waals surface area contributed by atoms with Gasteiger partial charge >= 0.3 is 0 Å². The molecular weight excluding hydrogens is 442 g/mol. The minimum Gasteiger partial charge on any atom is -0.550 e. The Bertz CT molecular complexity index is 585. The Kier molecular flexibility index (Phi) is 24.4. The summed E-state index contributed by atoms with van der Waals surface area (Å²) in [5.41, 5.74) is 1.46. The normalized spacial score (nSPS) is 11.2. The Balaban J connectivity index is 0.00000103. The fourth-order valence-electron chi connectivity index (χ4n) is 4.76. The molecule has 0 aliphatic heterocycles. The number of hydrogen-bond donors (Lipinski definition) is 0. The van der Waals surface area contributed by atoms with E-state index in [1.807, 2.05) is 0 Å². The smallest absolute Gasteiger partial charge is 0.104 e. The predicted molar refractivity (Wildman–Crippen MR) is 156 cm³/mol. The van der Waals surface area contributed by atoms with Crippen LogP contribution in [0.3, 0.4) is 0 Å². The molecule has 0 N–H and O–H groups in total. The molecule has 3 heteroatoms. The first-order chi connectivity index (χ1) is 17.4. The molecule has 0 aromatic heterocycles. The second-order valence-electron chi connectivity index (χ2n) is 11.4. The second-order valence-corrected chi connectivity index (χ2v) is 11.4. The van der Waals surface area contributed by atoms with Gasteiger partial charge in [-0.3, -0.25) is 0 Å². The SMILES string of the molecule is CCCCCCCC(=O)[O-].CCCCCCCCCCCCCCCC[N+](C)(C)Cc1ccccc1. The van der Waals surface area contributed by atoms with Crippen LogP contribution in [0.5, 0.6) is 0 Å². The van der Waals surface area contributed by atoms with E-state index in [2.05, 4.69) is 58.3 Å². The number of aliphatic carboxylic acids is 1. The summed E-state index contributed by atoms with van der Waals surface area (Å²) in [6, 6.07) is 10.9. The van der Waals surface area contributed by atoms with Gasteiger partial charge in [-0.25, -0.2) is 0 Å². The third-order valence-corrected chi connectivity index (χ3v) is 7.05. The van der Waals surface area contributed by atoms with E-state index < -0.39 is 5.97 Å². The molecule has 0 aliphatic rings. The van der Waals surface area contributed by atoms with Gasteiger partial charge in [0.25, 0.3) is 0 Å². The summed E-state index contributed by atoms with van der Waals surface area (Å²) in [5.74, 6) is -0.920. The number of quaternary nitrogens is 1. The Labute approximate surface area is 225 Å². The maximum Gasteiger partial charge on any atom is 0.104 e. The Morgan fingerprint density at radius 2 is 1.00 bits per heavy atom. The topological polar surface area (TPSA) is 40.1 Å². The molecule has 0 fully saturated rings. The highest BCUT2D eigenvalue weighted by molar-refractivity contribution is 5.64. The van der Waals surface area contributed by atoms with Gasteiger partial charge < -0.3 is 14.4 Å². The van der Waals surface area contributed by atoms with Crippen molar-refractivity contribution in [2.75, 3.05) is 20.6 Å². The summed E-state index contributed by atoms with van der Waals surface area (Å²) >= 11 is 0. The van der Waals surface area contributed by atoms with E-state index in [-0.39, 0.29) is 6.42 Å². The van der Waals surface area contributed by atoms with E-state index in [9.17, 15) is 9.90 Å². The van der Waals surface area contributed by atoms with Gasteiger partial charge in [0.15, 0.2) is 0 Å². The van der Waals surface area contributed by atoms with Crippen LogP contribution >= 0.6 is 0 Å². The van der Waals surface area contributed by atoms with Gasteiger partial charge in [-0.05, 0) is 25.7 Å². The Morgan fingerprint density at radius 1 is 0.611 bits per heavy atom. The maximum absolute atomic E-state index is 9.92. The highest BCUT2D eigenvalue weighted by atomic mass is 16.4. The molecule has 0 amide bonds. The van der Waals surface area contributed by atoms with Crippen molar-refractivity contribution in [3.05, 3.63) is 35.9 Å². The van der Waals surface area contributed by atoms with Crippen molar-refractivity contribution < 1.29 is 14.4 Å². The molecule has 0 saturated heterocycles. The molecule has 210 valence electrons. The molecule has 36 heavy (non-hydrogen) atoms. The highest BCUT2D eigenvalue weighted by Gasteiger charge is 2.14. The fraction of sp³-hybridized carbons (Fsp3) is 0.788. The van der Waals surface area contributed by atoms with Crippen molar-refractivity contribution >= 4 is 5.97 Å². The van der Waals surface area contributed by atoms with Gasteiger partial charge in [0.2, 0.25) is 0 Å². The van der Waals surface area contributed by atoms with Crippen molar-refractivity contribution in [1.29, 1.82) is 0 Å². The minimum atomic E-state index is -0.920. The van der Waals surface area contributed by atoms with E-state index in [0.717, 1.165) is 30.3 Å². The van der Waals surface area contributed by atoms with Crippen LogP contribution in [0.25, 0.3) is 0 Å². The van der Waals surface area contributed by atoms with Gasteiger partial charge in [0, 0.05) is 11.5 Å². The van der Waals surface area contributed by atoms with Crippen molar-refractivity contribution in [3.63, 3.8) is 0 Å². The van der Waals surface area contributed by atoms with Crippen LogP contribution in [-0.2, 0) is 11.3 Å². The van der Waals surface area contributed by atoms with Crippen LogP contribution in [0.1, 0.15) is 148 Å². The molecule has 3 nitrogen and oxygen atoms in total. The van der Waals surface area contributed by atoms with Crippen LogP contribution in [0, 0.1) is 0 Å². The first kappa shape index (κ1) is 34.6. The molecule has 0 atom stereocenters. The third kappa shape index (κ3) is 25.7. The van der Waals surface area contributed by atoms with Gasteiger partial charge in [-0.15, -0.1) is 0 Å². The fourth-order valence-corrected chi connectivity index (χ4v) is 4.76. The number of carboxylic acids is 1. The minimum absolute atomic E-state index is 0.226. The van der Waals surface area contributed by atoms with Crippen LogP contribution in [0.15, 0.2) is 30.3 Å². The molecule has 0 heterocycles. The van der Waals surface area contributed by atoms with Crippen LogP contribution in [0.4, 0.5) is 0 Å². The monoisotopic (exact) mass is 503 g/mol. The quantitative estimate of drug-likeness (QED) is 0.110. The lowest BCUT2D eigenvalue weighted by molar-refractivity contribution is -0.903. The van der Waals surface area contributed by atoms with Crippen molar-refractivity contribution in [2.45, 2.75) is 149 Å². The number of rotatable bonds is 23. The summed E-state index contributed by atoms with van der Waals surface area (Å²) in [6.45, 7) is 6.88. The highest BCUT2D eigenvalue weighted by Crippen LogP contribution is 2.15. The molecule has 0 bridgehead atoms. The van der Waals surface area contributed by atoms with E-state index in [4.69, 9.17) is 0 Å². The Hall–Kier alpha value is -1.35. The lowest BCUT2D eigenvalue weighted by Crippen LogP contribution is -2.39. The van der Waals surface area contributed by atoms with Crippen molar-refractivity contribution in [3.8, 4) is 0 Å². The number of unbranched alkanes of at least 4 members (excludes halogenated alkanes) is 17. The predicted octanol–water partition coefficient (Wildman–Crippen LogP) is 8.84. The lowest BCUT2D eigenvalue weighted by Gasteiger charge is -2.30. The molecule has 1 aromatic rings. The van der Waals surface area contributed by atoms with E-state index in [1.54, 1.807) is 0 Å². The zero-order valence-corrected chi connectivity index (χ0v) is 24.7. The summed E-state index contributed by atoms with van der Waals surface area (Å²) in [6.07, 6.45) is 25.8. The first-order valence-electron chi connectivity index (χ1n) is 15.5. The first-order valence-corrected chi connectivity index (χ1v) is 15.5. The average molecular weight is 504 g/mol. The summed E-state index contributed by atoms with van der Waals surface area (Å²) in [4.78, 5) is 9.92. The summed E-state index contributed by atoms with van der Waals surface area (Å²) in [7, 11) is 4.74. The third-order valence-electron chi connectivity index (χ3n) is 7.05. The van der Waals surface area contributed by atoms with Crippen molar-refractivity contribution in [2.24, 2.45) is 0 Å². The van der Waals surface area contributed by atoms with E-state index in [1.165, 1.54) is 115 Å². The lowest BCUT2D eigenvalue weighted by atomic mass is 10.0. The van der Waals surface area contributed by atoms with Gasteiger partial charge in [-0.1, -0.05) is 147 Å². The molecule has 0 unspecified atom stereocenters. The molecular formula is C33H61NO2. The average Bonchev–Trinajstić information content (AvgIpc) is 2.84. The number of hydrogen-bond acceptors (Lipinski definition) is 2. The molecule has 0 spiro atoms. The molecule has 0 radical (unpaired) electrons. The number of nitrogens with zero attached hydrogens (tertiary/aromatic N) is 1. The Morgan fingerprint density at radius 3 is 1.42 bits per heavy atom. The molecule has 0 saturated carbocycles. The number of carboxylic acid groups (broad SMARTS) is 1. The van der Waals surface area contributed by atoms with Gasteiger partial charge in [0.05, 0.1) is 20.6 Å². The van der Waals surface area contributed by atoms with E-state index in [0.29, 0.717) is 0 Å². The molecule has 1 aromatic carbocycles. The summed E-state index contributed by atoms with van der Waals surface area (Å²) in [5, 5.41) is 9.92. The van der Waals surface area contributed by atoms with Crippen LogP contribution < -0.4 is 5.11 Å². The zero-order chi connectivity index (χ0) is 26.7. The van der Waals surface area contributed by atoms with Crippen molar-refractivity contribution in [1.82, 2.24) is 0 Å². The molecule has 0 aliphatic carbocycles.